The van der Waals surface area contributed by atoms with Gasteiger partial charge in [-0.2, -0.15) is 0 Å². The van der Waals surface area contributed by atoms with Crippen LogP contribution in [0.3, 0.4) is 0 Å². The number of benzene rings is 2. The lowest BCUT2D eigenvalue weighted by Crippen LogP contribution is -2.38. The Bertz CT molecular complexity index is 812. The van der Waals surface area contributed by atoms with Crippen LogP contribution < -0.4 is 4.74 Å². The van der Waals surface area contributed by atoms with Crippen molar-refractivity contribution < 1.29 is 38.9 Å². The van der Waals surface area contributed by atoms with Crippen molar-refractivity contribution in [2.75, 3.05) is 6.61 Å². The van der Waals surface area contributed by atoms with Crippen LogP contribution in [0.25, 0.3) is 11.1 Å². The zero-order valence-electron chi connectivity index (χ0n) is 13.4. The second kappa shape index (κ2) is 8.14. The van der Waals surface area contributed by atoms with E-state index >= 15 is 0 Å². The molecule has 2 atom stereocenters. The molecule has 9 heteroatoms. The third-order valence-electron chi connectivity index (χ3n) is 3.70. The third kappa shape index (κ3) is 4.92. The van der Waals surface area contributed by atoms with Gasteiger partial charge in [-0.3, -0.25) is 14.2 Å². The summed E-state index contributed by atoms with van der Waals surface area (Å²) in [4.78, 5) is 40.6. The summed E-state index contributed by atoms with van der Waals surface area (Å²) < 4.78 is 16.6. The highest BCUT2D eigenvalue weighted by Gasteiger charge is 2.46. The minimum Gasteiger partial charge on any atom is -0.493 e. The highest BCUT2D eigenvalue weighted by molar-refractivity contribution is 7.53. The van der Waals surface area contributed by atoms with Crippen LogP contribution in [0.5, 0.6) is 5.75 Å². The maximum atomic E-state index is 11.3. The van der Waals surface area contributed by atoms with Crippen LogP contribution in [0.2, 0.25) is 0 Å². The van der Waals surface area contributed by atoms with Gasteiger partial charge in [0.05, 0.1) is 0 Å². The smallest absolute Gasteiger partial charge is 0.340 e. The maximum Gasteiger partial charge on any atom is 0.340 e. The third-order valence-corrected chi connectivity index (χ3v) is 5.01. The Hall–Kier alpha value is -2.67. The van der Waals surface area contributed by atoms with Gasteiger partial charge in [0.15, 0.2) is 5.66 Å². The van der Waals surface area contributed by atoms with E-state index < -0.39 is 37.7 Å². The Labute approximate surface area is 148 Å². The largest absolute Gasteiger partial charge is 0.493 e. The average molecular weight is 380 g/mol. The van der Waals surface area contributed by atoms with Crippen molar-refractivity contribution in [3.8, 4) is 16.9 Å². The van der Waals surface area contributed by atoms with Crippen molar-refractivity contribution in [3.05, 3.63) is 54.6 Å². The van der Waals surface area contributed by atoms with Gasteiger partial charge in [-0.05, 0) is 23.3 Å². The van der Waals surface area contributed by atoms with Crippen LogP contribution in [0.4, 0.5) is 0 Å². The molecule has 2 aromatic rings. The van der Waals surface area contributed by atoms with Gasteiger partial charge in [0, 0.05) is 0 Å². The van der Waals surface area contributed by atoms with Crippen molar-refractivity contribution in [1.82, 2.24) is 0 Å². The Morgan fingerprint density at radius 2 is 1.42 bits per heavy atom. The predicted octanol–water partition coefficient (Wildman–Crippen LogP) is 2.06. The molecule has 0 aliphatic carbocycles. The second-order valence-corrected chi connectivity index (χ2v) is 7.25. The molecular formula is C17H17O8P. The van der Waals surface area contributed by atoms with Crippen LogP contribution in [0, 0.1) is 5.92 Å². The topological polar surface area (TPSA) is 141 Å². The molecule has 0 fully saturated rings. The normalized spacial score (nSPS) is 13.6. The van der Waals surface area contributed by atoms with Crippen LogP contribution in [-0.2, 0) is 14.2 Å². The fraction of sp³-hybridized carbons (Fsp3) is 0.176. The fourth-order valence-electron chi connectivity index (χ4n) is 2.41. The van der Waals surface area contributed by atoms with E-state index in [9.17, 15) is 14.2 Å². The van der Waals surface area contributed by atoms with Crippen LogP contribution in [-0.4, -0.2) is 44.2 Å². The predicted molar refractivity (Wildman–Crippen MR) is 92.0 cm³/mol. The van der Waals surface area contributed by atoms with E-state index in [1.165, 1.54) is 0 Å². The van der Waals surface area contributed by atoms with Crippen molar-refractivity contribution in [1.29, 1.82) is 0 Å². The first-order valence-electron chi connectivity index (χ1n) is 7.49. The first-order chi connectivity index (χ1) is 12.2. The molecule has 138 valence electrons. The number of carboxylic acids is 2. The number of carboxylic acid groups (broad SMARTS) is 2. The van der Waals surface area contributed by atoms with E-state index in [-0.39, 0.29) is 5.75 Å². The number of ether oxygens (including phenoxy) is 1. The Kier molecular flexibility index (Phi) is 6.15. The minimum atomic E-state index is -5.17. The molecular weight excluding hydrogens is 363 g/mol. The molecule has 0 aliphatic heterocycles. The average Bonchev–Trinajstić information content (AvgIpc) is 2.58. The number of aliphatic carboxylic acids is 2. The van der Waals surface area contributed by atoms with Crippen molar-refractivity contribution in [2.45, 2.75) is 5.66 Å². The SMILES string of the molecule is O=C(O)C(COc1ccc(-c2ccccc2)cc1)C(C(=O)O)P(=O)(O)O. The molecule has 26 heavy (non-hydrogen) atoms. The summed E-state index contributed by atoms with van der Waals surface area (Å²) in [5, 5.41) is 18.1. The highest BCUT2D eigenvalue weighted by Crippen LogP contribution is 2.45. The lowest BCUT2D eigenvalue weighted by atomic mass is 10.1. The summed E-state index contributed by atoms with van der Waals surface area (Å²) in [5.74, 6) is -5.21. The van der Waals surface area contributed by atoms with E-state index in [4.69, 9.17) is 24.7 Å². The summed E-state index contributed by atoms with van der Waals surface area (Å²) in [6.45, 7) is -0.692. The minimum absolute atomic E-state index is 0.255. The summed E-state index contributed by atoms with van der Waals surface area (Å²) in [5.41, 5.74) is -0.523. The van der Waals surface area contributed by atoms with Gasteiger partial charge in [-0.15, -0.1) is 0 Å². The molecule has 2 aromatic carbocycles. The summed E-state index contributed by atoms with van der Waals surface area (Å²) >= 11 is 0. The highest BCUT2D eigenvalue weighted by atomic mass is 31.2. The molecule has 4 N–H and O–H groups in total. The van der Waals surface area contributed by atoms with Gasteiger partial charge in [0.25, 0.3) is 0 Å². The molecule has 0 bridgehead atoms. The van der Waals surface area contributed by atoms with E-state index in [1.54, 1.807) is 24.3 Å². The van der Waals surface area contributed by atoms with Crippen molar-refractivity contribution in [3.63, 3.8) is 0 Å². The Morgan fingerprint density at radius 3 is 1.88 bits per heavy atom. The zero-order valence-corrected chi connectivity index (χ0v) is 14.3. The summed E-state index contributed by atoms with van der Waals surface area (Å²) in [7, 11) is -5.17. The van der Waals surface area contributed by atoms with Crippen LogP contribution in [0.1, 0.15) is 0 Å². The van der Waals surface area contributed by atoms with Crippen LogP contribution >= 0.6 is 7.60 Å². The van der Waals surface area contributed by atoms with Gasteiger partial charge in [-0.25, -0.2) is 0 Å². The van der Waals surface area contributed by atoms with Gasteiger partial charge in [0.1, 0.15) is 18.3 Å². The molecule has 0 saturated heterocycles. The molecule has 8 nitrogen and oxygen atoms in total. The van der Waals surface area contributed by atoms with E-state index in [1.807, 2.05) is 30.3 Å². The second-order valence-electron chi connectivity index (χ2n) is 5.52. The number of carbonyl (C=O) groups is 2. The molecule has 2 rings (SSSR count). The molecule has 0 radical (unpaired) electrons. The standard InChI is InChI=1S/C17H17O8P/c18-16(19)14(15(17(20)21)26(22,23)24)10-25-13-8-6-12(7-9-13)11-4-2-1-3-5-11/h1-9,14-15H,10H2,(H,18,19)(H,20,21)(H2,22,23,24). The Morgan fingerprint density at radius 1 is 0.885 bits per heavy atom. The zero-order chi connectivity index (χ0) is 19.3. The molecule has 2 unspecified atom stereocenters. The van der Waals surface area contributed by atoms with Crippen molar-refractivity contribution >= 4 is 19.5 Å². The number of rotatable bonds is 8. The molecule has 0 aliphatic rings. The first-order valence-corrected chi connectivity index (χ1v) is 9.17. The van der Waals surface area contributed by atoms with E-state index in [0.717, 1.165) is 11.1 Å². The molecule has 0 aromatic heterocycles. The summed E-state index contributed by atoms with van der Waals surface area (Å²) in [6, 6.07) is 16.1. The van der Waals surface area contributed by atoms with Gasteiger partial charge >= 0.3 is 19.5 Å². The maximum absolute atomic E-state index is 11.3. The molecule has 0 saturated carbocycles. The number of hydrogen-bond donors (Lipinski definition) is 4. The lowest BCUT2D eigenvalue weighted by Gasteiger charge is -2.21. The molecule has 0 amide bonds. The van der Waals surface area contributed by atoms with Gasteiger partial charge < -0.3 is 24.7 Å². The van der Waals surface area contributed by atoms with Crippen molar-refractivity contribution in [2.24, 2.45) is 5.92 Å². The van der Waals surface area contributed by atoms with Gasteiger partial charge in [-0.1, -0.05) is 42.5 Å². The first kappa shape index (κ1) is 19.7. The quantitative estimate of drug-likeness (QED) is 0.510. The van der Waals surface area contributed by atoms with E-state index in [2.05, 4.69) is 0 Å². The van der Waals surface area contributed by atoms with Gasteiger partial charge in [0.2, 0.25) is 0 Å². The monoisotopic (exact) mass is 380 g/mol. The Balaban J connectivity index is 2.13. The van der Waals surface area contributed by atoms with E-state index in [0.29, 0.717) is 0 Å². The van der Waals surface area contributed by atoms with Crippen LogP contribution in [0.15, 0.2) is 54.6 Å². The lowest BCUT2D eigenvalue weighted by molar-refractivity contribution is -0.149. The molecule has 0 spiro atoms. The summed E-state index contributed by atoms with van der Waals surface area (Å²) in [6.07, 6.45) is 0. The fourth-order valence-corrected chi connectivity index (χ4v) is 3.38. The number of hydrogen-bond acceptors (Lipinski definition) is 4. The molecule has 0 heterocycles.